The van der Waals surface area contributed by atoms with Crippen LogP contribution in [-0.4, -0.2) is 12.3 Å². The lowest BCUT2D eigenvalue weighted by Gasteiger charge is -2.30. The molecule has 3 rings (SSSR count). The van der Waals surface area contributed by atoms with Crippen LogP contribution in [0.1, 0.15) is 32.6 Å². The van der Waals surface area contributed by atoms with Gasteiger partial charge in [0.2, 0.25) is 0 Å². The predicted octanol–water partition coefficient (Wildman–Crippen LogP) is 4.00. The molecule has 0 bridgehead atoms. The van der Waals surface area contributed by atoms with E-state index in [0.717, 1.165) is 12.1 Å². The summed E-state index contributed by atoms with van der Waals surface area (Å²) in [5.41, 5.74) is 0.804. The van der Waals surface area contributed by atoms with Crippen molar-refractivity contribution in [3.05, 3.63) is 18.2 Å². The van der Waals surface area contributed by atoms with Crippen LogP contribution in [0.15, 0.2) is 18.2 Å². The molecule has 0 spiro atoms. The van der Waals surface area contributed by atoms with E-state index in [1.807, 2.05) is 0 Å². The fraction of sp³-hybridized carbons (Fsp3) is 0.571. The van der Waals surface area contributed by atoms with Gasteiger partial charge in [-0.15, -0.1) is 8.78 Å². The number of benzene rings is 1. The molecular weight excluding hydrogens is 252 g/mol. The average molecular weight is 269 g/mol. The molecule has 0 radical (unpaired) electrons. The largest absolute Gasteiger partial charge is 0.586 e. The first-order valence-electron chi connectivity index (χ1n) is 6.70. The Balaban J connectivity index is 1.73. The number of nitrogens with one attached hydrogen (secondary N) is 1. The van der Waals surface area contributed by atoms with Gasteiger partial charge in [0.25, 0.3) is 0 Å². The lowest BCUT2D eigenvalue weighted by molar-refractivity contribution is -0.286. The van der Waals surface area contributed by atoms with Crippen molar-refractivity contribution in [3.8, 4) is 11.5 Å². The number of anilines is 1. The van der Waals surface area contributed by atoms with Crippen LogP contribution < -0.4 is 14.8 Å². The van der Waals surface area contributed by atoms with Crippen molar-refractivity contribution in [3.63, 3.8) is 0 Å². The molecule has 0 amide bonds. The molecule has 2 aliphatic rings. The third-order valence-corrected chi connectivity index (χ3v) is 3.86. The Labute approximate surface area is 110 Å². The van der Waals surface area contributed by atoms with Gasteiger partial charge >= 0.3 is 6.29 Å². The minimum Gasteiger partial charge on any atom is -0.395 e. The molecule has 1 aliphatic heterocycles. The van der Waals surface area contributed by atoms with E-state index in [4.69, 9.17) is 0 Å². The standard InChI is InChI=1S/C14H17F2NO2/c1-9-4-2-3-5-11(9)17-10-6-7-12-13(8-10)19-14(15,16)18-12/h6-9,11,17H,2-5H2,1H3. The van der Waals surface area contributed by atoms with Crippen molar-refractivity contribution < 1.29 is 18.3 Å². The highest BCUT2D eigenvalue weighted by molar-refractivity contribution is 5.56. The lowest BCUT2D eigenvalue weighted by atomic mass is 9.86. The number of hydrogen-bond donors (Lipinski definition) is 1. The molecule has 1 aromatic rings. The van der Waals surface area contributed by atoms with Gasteiger partial charge in [0.1, 0.15) is 0 Å². The third-order valence-electron chi connectivity index (χ3n) is 3.86. The summed E-state index contributed by atoms with van der Waals surface area (Å²) in [6, 6.07) is 5.25. The Morgan fingerprint density at radius 1 is 1.16 bits per heavy atom. The summed E-state index contributed by atoms with van der Waals surface area (Å²) >= 11 is 0. The van der Waals surface area contributed by atoms with Crippen LogP contribution in [0.25, 0.3) is 0 Å². The first-order valence-corrected chi connectivity index (χ1v) is 6.70. The van der Waals surface area contributed by atoms with E-state index in [-0.39, 0.29) is 11.5 Å². The Kier molecular flexibility index (Phi) is 2.99. The van der Waals surface area contributed by atoms with Crippen LogP contribution >= 0.6 is 0 Å². The topological polar surface area (TPSA) is 30.5 Å². The minimum absolute atomic E-state index is 0.0900. The van der Waals surface area contributed by atoms with E-state index in [1.54, 1.807) is 12.1 Å². The SMILES string of the molecule is CC1CCCCC1Nc1ccc2c(c1)OC(F)(F)O2. The molecule has 3 nitrogen and oxygen atoms in total. The maximum Gasteiger partial charge on any atom is 0.586 e. The van der Waals surface area contributed by atoms with Gasteiger partial charge in [0.05, 0.1) is 0 Å². The monoisotopic (exact) mass is 269 g/mol. The van der Waals surface area contributed by atoms with Gasteiger partial charge in [-0.05, 0) is 30.9 Å². The van der Waals surface area contributed by atoms with Gasteiger partial charge in [-0.2, -0.15) is 0 Å². The molecule has 5 heteroatoms. The summed E-state index contributed by atoms with van der Waals surface area (Å²) in [5, 5.41) is 3.41. The molecule has 1 aromatic carbocycles. The Bertz CT molecular complexity index is 479. The first kappa shape index (κ1) is 12.5. The molecule has 1 N–H and O–H groups in total. The van der Waals surface area contributed by atoms with E-state index in [1.165, 1.54) is 25.3 Å². The van der Waals surface area contributed by atoms with Crippen LogP contribution in [0.4, 0.5) is 14.5 Å². The average Bonchev–Trinajstić information content (AvgIpc) is 2.65. The molecule has 0 saturated heterocycles. The second kappa shape index (κ2) is 4.54. The highest BCUT2D eigenvalue weighted by Gasteiger charge is 2.43. The first-order chi connectivity index (χ1) is 9.03. The van der Waals surface area contributed by atoms with Gasteiger partial charge in [-0.1, -0.05) is 19.8 Å². The fourth-order valence-corrected chi connectivity index (χ4v) is 2.78. The molecule has 1 heterocycles. The van der Waals surface area contributed by atoms with Crippen LogP contribution in [0.2, 0.25) is 0 Å². The maximum absolute atomic E-state index is 12.9. The number of ether oxygens (including phenoxy) is 2. The van der Waals surface area contributed by atoms with Crippen molar-refractivity contribution in [1.82, 2.24) is 0 Å². The minimum atomic E-state index is -3.54. The van der Waals surface area contributed by atoms with Gasteiger partial charge in [-0.3, -0.25) is 0 Å². The van der Waals surface area contributed by atoms with Crippen molar-refractivity contribution in [2.75, 3.05) is 5.32 Å². The number of fused-ring (bicyclic) bond motifs is 1. The second-order valence-electron chi connectivity index (χ2n) is 5.34. The molecule has 1 aliphatic carbocycles. The summed E-state index contributed by atoms with van der Waals surface area (Å²) in [5.74, 6) is 0.784. The second-order valence-corrected chi connectivity index (χ2v) is 5.34. The molecule has 2 atom stereocenters. The number of halogens is 2. The van der Waals surface area contributed by atoms with Gasteiger partial charge in [-0.25, -0.2) is 0 Å². The van der Waals surface area contributed by atoms with Gasteiger partial charge in [0, 0.05) is 17.8 Å². The van der Waals surface area contributed by atoms with Crippen LogP contribution in [0.5, 0.6) is 11.5 Å². The van der Waals surface area contributed by atoms with Gasteiger partial charge in [0.15, 0.2) is 11.5 Å². The number of hydrogen-bond acceptors (Lipinski definition) is 3. The van der Waals surface area contributed by atoms with Crippen molar-refractivity contribution in [2.24, 2.45) is 5.92 Å². The Morgan fingerprint density at radius 2 is 1.89 bits per heavy atom. The van der Waals surface area contributed by atoms with E-state index in [0.29, 0.717) is 12.0 Å². The molecular formula is C14H17F2NO2. The summed E-state index contributed by atoms with van der Waals surface area (Å²) < 4.78 is 34.7. The van der Waals surface area contributed by atoms with E-state index >= 15 is 0 Å². The molecule has 2 unspecified atom stereocenters. The number of rotatable bonds is 2. The molecule has 0 aromatic heterocycles. The summed E-state index contributed by atoms with van der Waals surface area (Å²) in [6.07, 6.45) is 1.27. The summed E-state index contributed by atoms with van der Waals surface area (Å²) in [4.78, 5) is 0. The normalized spacial score (nSPS) is 28.2. The zero-order valence-electron chi connectivity index (χ0n) is 10.8. The molecule has 19 heavy (non-hydrogen) atoms. The molecule has 104 valence electrons. The predicted molar refractivity (Wildman–Crippen MR) is 67.7 cm³/mol. The van der Waals surface area contributed by atoms with Crippen LogP contribution in [-0.2, 0) is 0 Å². The van der Waals surface area contributed by atoms with Crippen molar-refractivity contribution >= 4 is 5.69 Å². The summed E-state index contributed by atoms with van der Waals surface area (Å²) in [7, 11) is 0. The highest BCUT2D eigenvalue weighted by atomic mass is 19.3. The Hall–Kier alpha value is -1.52. The van der Waals surface area contributed by atoms with Crippen LogP contribution in [0.3, 0.4) is 0 Å². The van der Waals surface area contributed by atoms with E-state index in [2.05, 4.69) is 21.7 Å². The number of alkyl halides is 2. The van der Waals surface area contributed by atoms with E-state index < -0.39 is 6.29 Å². The van der Waals surface area contributed by atoms with Gasteiger partial charge < -0.3 is 14.8 Å². The zero-order chi connectivity index (χ0) is 13.5. The van der Waals surface area contributed by atoms with Crippen molar-refractivity contribution in [2.45, 2.75) is 44.9 Å². The van der Waals surface area contributed by atoms with E-state index in [9.17, 15) is 8.78 Å². The summed E-state index contributed by atoms with van der Waals surface area (Å²) in [6.45, 7) is 2.22. The fourth-order valence-electron chi connectivity index (χ4n) is 2.78. The van der Waals surface area contributed by atoms with Crippen molar-refractivity contribution in [1.29, 1.82) is 0 Å². The zero-order valence-corrected chi connectivity index (χ0v) is 10.8. The quantitative estimate of drug-likeness (QED) is 0.880. The molecule has 1 saturated carbocycles. The smallest absolute Gasteiger partial charge is 0.395 e. The lowest BCUT2D eigenvalue weighted by Crippen LogP contribution is -2.30. The van der Waals surface area contributed by atoms with Crippen LogP contribution in [0, 0.1) is 5.92 Å². The Morgan fingerprint density at radius 3 is 2.68 bits per heavy atom. The molecule has 1 fully saturated rings. The maximum atomic E-state index is 12.9. The highest BCUT2D eigenvalue weighted by Crippen LogP contribution is 2.42. The third kappa shape index (κ3) is 2.60.